The van der Waals surface area contributed by atoms with Crippen molar-refractivity contribution in [2.75, 3.05) is 16.8 Å². The van der Waals surface area contributed by atoms with Crippen LogP contribution in [0.3, 0.4) is 0 Å². The van der Waals surface area contributed by atoms with Crippen molar-refractivity contribution < 1.29 is 8.42 Å². The van der Waals surface area contributed by atoms with Crippen LogP contribution in [0.2, 0.25) is 10.0 Å². The van der Waals surface area contributed by atoms with Gasteiger partial charge in [-0.05, 0) is 25.0 Å². The van der Waals surface area contributed by atoms with E-state index in [0.717, 1.165) is 5.69 Å². The van der Waals surface area contributed by atoms with Crippen LogP contribution < -0.4 is 5.32 Å². The SMILES string of the molecule is O=S1(=O)CCC(Nc2cccc(Cl)c2Cl)CC1. The van der Waals surface area contributed by atoms with Gasteiger partial charge in [0.25, 0.3) is 0 Å². The summed E-state index contributed by atoms with van der Waals surface area (Å²) >= 11 is 12.0. The van der Waals surface area contributed by atoms with Gasteiger partial charge in [0.1, 0.15) is 9.84 Å². The van der Waals surface area contributed by atoms with E-state index in [-0.39, 0.29) is 17.5 Å². The van der Waals surface area contributed by atoms with E-state index < -0.39 is 9.84 Å². The van der Waals surface area contributed by atoms with Gasteiger partial charge in [0.15, 0.2) is 0 Å². The second kappa shape index (κ2) is 5.04. The third kappa shape index (κ3) is 3.27. The van der Waals surface area contributed by atoms with Gasteiger partial charge in [-0.15, -0.1) is 0 Å². The maximum atomic E-state index is 11.3. The lowest BCUT2D eigenvalue weighted by molar-refractivity contribution is 0.559. The molecule has 0 bridgehead atoms. The zero-order valence-corrected chi connectivity index (χ0v) is 11.4. The predicted molar refractivity (Wildman–Crippen MR) is 71.8 cm³/mol. The minimum Gasteiger partial charge on any atom is -0.381 e. The molecule has 0 spiro atoms. The van der Waals surface area contributed by atoms with Gasteiger partial charge >= 0.3 is 0 Å². The van der Waals surface area contributed by atoms with E-state index in [0.29, 0.717) is 22.9 Å². The summed E-state index contributed by atoms with van der Waals surface area (Å²) in [5, 5.41) is 4.24. The Hall–Kier alpha value is -0.450. The second-order valence-electron chi connectivity index (χ2n) is 4.17. The summed E-state index contributed by atoms with van der Waals surface area (Å²) in [5.41, 5.74) is 0.767. The summed E-state index contributed by atoms with van der Waals surface area (Å²) in [5.74, 6) is 0.478. The molecule has 1 saturated heterocycles. The highest BCUT2D eigenvalue weighted by Gasteiger charge is 2.23. The highest BCUT2D eigenvalue weighted by molar-refractivity contribution is 7.91. The number of rotatable bonds is 2. The van der Waals surface area contributed by atoms with Gasteiger partial charge < -0.3 is 5.32 Å². The van der Waals surface area contributed by atoms with Crippen LogP contribution in [-0.4, -0.2) is 26.0 Å². The van der Waals surface area contributed by atoms with Crippen molar-refractivity contribution in [3.05, 3.63) is 28.2 Å². The monoisotopic (exact) mass is 293 g/mol. The lowest BCUT2D eigenvalue weighted by Gasteiger charge is -2.24. The van der Waals surface area contributed by atoms with E-state index >= 15 is 0 Å². The number of anilines is 1. The van der Waals surface area contributed by atoms with E-state index in [9.17, 15) is 8.42 Å². The average Bonchev–Trinajstić information content (AvgIpc) is 2.27. The van der Waals surface area contributed by atoms with Crippen LogP contribution in [0.15, 0.2) is 18.2 Å². The molecule has 0 aliphatic carbocycles. The van der Waals surface area contributed by atoms with E-state index in [1.165, 1.54) is 0 Å². The highest BCUT2D eigenvalue weighted by atomic mass is 35.5. The van der Waals surface area contributed by atoms with Gasteiger partial charge in [-0.1, -0.05) is 29.3 Å². The summed E-state index contributed by atoms with van der Waals surface area (Å²) in [6.07, 6.45) is 1.23. The van der Waals surface area contributed by atoms with Gasteiger partial charge in [-0.2, -0.15) is 0 Å². The normalized spacial score (nSPS) is 20.1. The summed E-state index contributed by atoms with van der Waals surface area (Å²) in [7, 11) is -2.83. The molecular formula is C11H13Cl2NO2S. The summed E-state index contributed by atoms with van der Waals surface area (Å²) in [4.78, 5) is 0. The fourth-order valence-electron chi connectivity index (χ4n) is 1.87. The molecule has 1 N–H and O–H groups in total. The minimum absolute atomic E-state index is 0.148. The molecule has 94 valence electrons. The van der Waals surface area contributed by atoms with E-state index in [1.54, 1.807) is 6.07 Å². The summed E-state index contributed by atoms with van der Waals surface area (Å²) < 4.78 is 22.6. The van der Waals surface area contributed by atoms with Crippen molar-refractivity contribution in [3.63, 3.8) is 0 Å². The Morgan fingerprint density at radius 2 is 1.82 bits per heavy atom. The highest BCUT2D eigenvalue weighted by Crippen LogP contribution is 2.31. The Labute approximate surface area is 111 Å². The number of hydrogen-bond donors (Lipinski definition) is 1. The molecule has 0 atom stereocenters. The van der Waals surface area contributed by atoms with Crippen LogP contribution >= 0.6 is 23.2 Å². The van der Waals surface area contributed by atoms with Gasteiger partial charge in [-0.25, -0.2) is 8.42 Å². The second-order valence-corrected chi connectivity index (χ2v) is 7.26. The molecule has 1 aliphatic rings. The molecule has 2 rings (SSSR count). The van der Waals surface area contributed by atoms with Crippen molar-refractivity contribution >= 4 is 38.7 Å². The van der Waals surface area contributed by atoms with Crippen LogP contribution in [-0.2, 0) is 9.84 Å². The van der Waals surface area contributed by atoms with Crippen LogP contribution in [0.4, 0.5) is 5.69 Å². The lowest BCUT2D eigenvalue weighted by atomic mass is 10.1. The molecule has 3 nitrogen and oxygen atoms in total. The van der Waals surface area contributed by atoms with Crippen molar-refractivity contribution in [2.45, 2.75) is 18.9 Å². The maximum Gasteiger partial charge on any atom is 0.150 e. The maximum absolute atomic E-state index is 11.3. The summed E-state index contributed by atoms with van der Waals surface area (Å²) in [6.45, 7) is 0. The molecule has 0 aromatic heterocycles. The number of hydrogen-bond acceptors (Lipinski definition) is 3. The minimum atomic E-state index is -2.83. The van der Waals surface area contributed by atoms with Crippen LogP contribution in [0, 0.1) is 0 Å². The fraction of sp³-hybridized carbons (Fsp3) is 0.455. The molecule has 1 aromatic rings. The van der Waals surface area contributed by atoms with Gasteiger partial charge in [0.05, 0.1) is 27.2 Å². The first-order chi connectivity index (χ1) is 7.98. The molecule has 6 heteroatoms. The third-order valence-corrected chi connectivity index (χ3v) is 5.40. The standard InChI is InChI=1S/C11H13Cl2NO2S/c12-9-2-1-3-10(11(9)13)14-8-4-6-17(15,16)7-5-8/h1-3,8,14H,4-7H2. The Bertz CT molecular complexity index is 502. The van der Waals surface area contributed by atoms with Gasteiger partial charge in [0, 0.05) is 6.04 Å². The average molecular weight is 294 g/mol. The zero-order chi connectivity index (χ0) is 12.5. The Morgan fingerprint density at radius 1 is 1.18 bits per heavy atom. The molecular weight excluding hydrogens is 281 g/mol. The zero-order valence-electron chi connectivity index (χ0n) is 9.12. The topological polar surface area (TPSA) is 46.2 Å². The first kappa shape index (κ1) is 13.0. The first-order valence-corrected chi connectivity index (χ1v) is 7.97. The molecule has 1 fully saturated rings. The van der Waals surface area contributed by atoms with E-state index in [2.05, 4.69) is 5.32 Å². The quantitative estimate of drug-likeness (QED) is 0.912. The first-order valence-electron chi connectivity index (χ1n) is 5.39. The smallest absolute Gasteiger partial charge is 0.150 e. The Kier molecular flexibility index (Phi) is 3.85. The molecule has 1 aliphatic heterocycles. The molecule has 0 amide bonds. The molecule has 0 unspecified atom stereocenters. The molecule has 0 radical (unpaired) electrons. The fourth-order valence-corrected chi connectivity index (χ4v) is 3.72. The van der Waals surface area contributed by atoms with Gasteiger partial charge in [-0.3, -0.25) is 0 Å². The van der Waals surface area contributed by atoms with Gasteiger partial charge in [0.2, 0.25) is 0 Å². The van der Waals surface area contributed by atoms with Crippen LogP contribution in [0.25, 0.3) is 0 Å². The molecule has 0 saturated carbocycles. The number of halogens is 2. The number of nitrogens with one attached hydrogen (secondary N) is 1. The lowest BCUT2D eigenvalue weighted by Crippen LogP contribution is -2.32. The molecule has 1 aromatic carbocycles. The summed E-state index contributed by atoms with van der Waals surface area (Å²) in [6, 6.07) is 5.53. The van der Waals surface area contributed by atoms with E-state index in [1.807, 2.05) is 12.1 Å². The van der Waals surface area contributed by atoms with E-state index in [4.69, 9.17) is 23.2 Å². The van der Waals surface area contributed by atoms with Crippen LogP contribution in [0.5, 0.6) is 0 Å². The largest absolute Gasteiger partial charge is 0.381 e. The van der Waals surface area contributed by atoms with Crippen LogP contribution in [0.1, 0.15) is 12.8 Å². The Morgan fingerprint density at radius 3 is 2.47 bits per heavy atom. The van der Waals surface area contributed by atoms with Crippen molar-refractivity contribution in [2.24, 2.45) is 0 Å². The van der Waals surface area contributed by atoms with Crippen molar-refractivity contribution in [3.8, 4) is 0 Å². The predicted octanol–water partition coefficient (Wildman–Crippen LogP) is 2.98. The van der Waals surface area contributed by atoms with Crippen molar-refractivity contribution in [1.29, 1.82) is 0 Å². The molecule has 17 heavy (non-hydrogen) atoms. The number of sulfone groups is 1. The number of benzene rings is 1. The Balaban J connectivity index is 2.05. The van der Waals surface area contributed by atoms with Crippen molar-refractivity contribution in [1.82, 2.24) is 0 Å². The third-order valence-electron chi connectivity index (χ3n) is 2.87. The molecule has 1 heterocycles.